The van der Waals surface area contributed by atoms with Crippen molar-refractivity contribution in [3.63, 3.8) is 0 Å². The summed E-state index contributed by atoms with van der Waals surface area (Å²) in [6, 6.07) is 6.75. The normalized spacial score (nSPS) is 15.9. The van der Waals surface area contributed by atoms with Crippen molar-refractivity contribution in [2.75, 3.05) is 18.4 Å². The lowest BCUT2D eigenvalue weighted by Gasteiger charge is -2.17. The molecule has 0 atom stereocenters. The van der Waals surface area contributed by atoms with Gasteiger partial charge in [-0.3, -0.25) is 4.79 Å². The number of benzene rings is 1. The highest BCUT2D eigenvalue weighted by atomic mass is 35.5. The first-order valence-electron chi connectivity index (χ1n) is 7.22. The van der Waals surface area contributed by atoms with E-state index >= 15 is 0 Å². The lowest BCUT2D eigenvalue weighted by Crippen LogP contribution is -2.22. The average Bonchev–Trinajstić information content (AvgIpc) is 2.76. The molecule has 0 aliphatic carbocycles. The third-order valence-electron chi connectivity index (χ3n) is 3.50. The molecule has 4 nitrogen and oxygen atoms in total. The maximum atomic E-state index is 12.2. The number of anilines is 1. The largest absolute Gasteiger partial charge is 0.376 e. The molecule has 0 unspecified atom stereocenters. The molecular weight excluding hydrogens is 321 g/mol. The van der Waals surface area contributed by atoms with E-state index in [4.69, 9.17) is 23.2 Å². The van der Waals surface area contributed by atoms with Gasteiger partial charge in [0.1, 0.15) is 11.6 Å². The van der Waals surface area contributed by atoms with Crippen LogP contribution < -0.4 is 5.32 Å². The number of nitriles is 1. The van der Waals surface area contributed by atoms with Crippen molar-refractivity contribution >= 4 is 34.8 Å². The summed E-state index contributed by atoms with van der Waals surface area (Å²) < 4.78 is 0. The maximum absolute atomic E-state index is 12.2. The van der Waals surface area contributed by atoms with Crippen molar-refractivity contribution in [2.24, 2.45) is 0 Å². The molecular formula is C16H17Cl2N3O. The molecule has 1 aromatic carbocycles. The Kier molecular flexibility index (Phi) is 6.11. The van der Waals surface area contributed by atoms with Gasteiger partial charge in [-0.15, -0.1) is 0 Å². The van der Waals surface area contributed by atoms with Gasteiger partial charge in [-0.05, 0) is 31.0 Å². The number of carbonyl (C=O) groups excluding carboxylic acids is 1. The average molecular weight is 338 g/mol. The fourth-order valence-electron chi connectivity index (χ4n) is 2.33. The number of rotatable bonds is 3. The smallest absolute Gasteiger partial charge is 0.267 e. The molecule has 0 bridgehead atoms. The SMILES string of the molecule is N#C/C(=C/N1CCCCCC1)C(=O)Nc1ccc(Cl)cc1Cl. The molecule has 116 valence electrons. The second-order valence-corrected chi connectivity index (χ2v) is 6.03. The van der Waals surface area contributed by atoms with Crippen LogP contribution in [0.3, 0.4) is 0 Å². The lowest BCUT2D eigenvalue weighted by atomic mass is 10.2. The molecule has 22 heavy (non-hydrogen) atoms. The molecule has 0 spiro atoms. The van der Waals surface area contributed by atoms with Crippen molar-refractivity contribution < 1.29 is 4.79 Å². The lowest BCUT2D eigenvalue weighted by molar-refractivity contribution is -0.112. The Morgan fingerprint density at radius 3 is 2.50 bits per heavy atom. The summed E-state index contributed by atoms with van der Waals surface area (Å²) >= 11 is 11.8. The molecule has 1 aromatic rings. The van der Waals surface area contributed by atoms with Crippen molar-refractivity contribution in [3.8, 4) is 6.07 Å². The van der Waals surface area contributed by atoms with E-state index in [0.29, 0.717) is 15.7 Å². The van der Waals surface area contributed by atoms with Gasteiger partial charge in [-0.25, -0.2) is 0 Å². The summed E-state index contributed by atoms with van der Waals surface area (Å²) in [5, 5.41) is 12.7. The van der Waals surface area contributed by atoms with E-state index in [2.05, 4.69) is 5.32 Å². The van der Waals surface area contributed by atoms with Crippen LogP contribution in [0.2, 0.25) is 10.0 Å². The summed E-state index contributed by atoms with van der Waals surface area (Å²) in [6.07, 6.45) is 6.20. The van der Waals surface area contributed by atoms with Crippen molar-refractivity contribution in [2.45, 2.75) is 25.7 Å². The molecule has 1 amide bonds. The zero-order valence-corrected chi connectivity index (χ0v) is 13.6. The van der Waals surface area contributed by atoms with Gasteiger partial charge in [0.05, 0.1) is 10.7 Å². The minimum Gasteiger partial charge on any atom is -0.376 e. The van der Waals surface area contributed by atoms with E-state index in [-0.39, 0.29) is 5.57 Å². The van der Waals surface area contributed by atoms with Gasteiger partial charge in [0.25, 0.3) is 5.91 Å². The highest BCUT2D eigenvalue weighted by Crippen LogP contribution is 2.25. The van der Waals surface area contributed by atoms with E-state index in [1.54, 1.807) is 24.4 Å². The quantitative estimate of drug-likeness (QED) is 0.663. The van der Waals surface area contributed by atoms with Crippen LogP contribution in [-0.4, -0.2) is 23.9 Å². The Hall–Kier alpha value is -1.70. The van der Waals surface area contributed by atoms with Gasteiger partial charge in [-0.2, -0.15) is 5.26 Å². The third kappa shape index (κ3) is 4.66. The van der Waals surface area contributed by atoms with Crippen LogP contribution in [0.4, 0.5) is 5.69 Å². The van der Waals surface area contributed by atoms with E-state index in [1.165, 1.54) is 12.8 Å². The van der Waals surface area contributed by atoms with Crippen LogP contribution in [0.15, 0.2) is 30.0 Å². The number of nitrogens with zero attached hydrogens (tertiary/aromatic N) is 2. The zero-order chi connectivity index (χ0) is 15.9. The Morgan fingerprint density at radius 2 is 1.91 bits per heavy atom. The topological polar surface area (TPSA) is 56.1 Å². The van der Waals surface area contributed by atoms with Crippen LogP contribution >= 0.6 is 23.2 Å². The first kappa shape index (κ1) is 16.7. The standard InChI is InChI=1S/C16H17Cl2N3O/c17-13-5-6-15(14(18)9-13)20-16(22)12(10-19)11-21-7-3-1-2-4-8-21/h5-6,9,11H,1-4,7-8H2,(H,20,22)/b12-11-. The molecule has 1 aliphatic rings. The monoisotopic (exact) mass is 337 g/mol. The van der Waals surface area contributed by atoms with Crippen molar-refractivity contribution in [3.05, 3.63) is 40.0 Å². The third-order valence-corrected chi connectivity index (χ3v) is 4.04. The molecule has 1 saturated heterocycles. The van der Waals surface area contributed by atoms with Crippen molar-refractivity contribution in [1.29, 1.82) is 5.26 Å². The molecule has 1 N–H and O–H groups in total. The molecule has 1 fully saturated rings. The summed E-state index contributed by atoms with van der Waals surface area (Å²) in [6.45, 7) is 1.75. The summed E-state index contributed by atoms with van der Waals surface area (Å²) in [4.78, 5) is 14.3. The number of halogens is 2. The molecule has 1 aliphatic heterocycles. The van der Waals surface area contributed by atoms with Gasteiger partial charge in [0.2, 0.25) is 0 Å². The number of hydrogen-bond donors (Lipinski definition) is 1. The first-order valence-corrected chi connectivity index (χ1v) is 7.98. The fraction of sp³-hybridized carbons (Fsp3) is 0.375. The minimum absolute atomic E-state index is 0.0768. The van der Waals surface area contributed by atoms with Gasteiger partial charge in [0.15, 0.2) is 0 Å². The number of amides is 1. The summed E-state index contributed by atoms with van der Waals surface area (Å²) in [7, 11) is 0. The van der Waals surface area contributed by atoms with Crippen LogP contribution in [0.25, 0.3) is 0 Å². The molecule has 1 heterocycles. The maximum Gasteiger partial charge on any atom is 0.267 e. The van der Waals surface area contributed by atoms with Crippen molar-refractivity contribution in [1.82, 2.24) is 4.90 Å². The van der Waals surface area contributed by atoms with Crippen LogP contribution in [0, 0.1) is 11.3 Å². The van der Waals surface area contributed by atoms with Gasteiger partial charge in [-0.1, -0.05) is 36.0 Å². The van der Waals surface area contributed by atoms with Gasteiger partial charge in [0, 0.05) is 24.3 Å². The first-order chi connectivity index (χ1) is 10.6. The molecule has 0 aromatic heterocycles. The minimum atomic E-state index is -0.462. The number of carbonyl (C=O) groups is 1. The Bertz CT molecular complexity index is 614. The van der Waals surface area contributed by atoms with E-state index in [9.17, 15) is 10.1 Å². The molecule has 0 radical (unpaired) electrons. The predicted molar refractivity (Wildman–Crippen MR) is 88.8 cm³/mol. The summed E-state index contributed by atoms with van der Waals surface area (Å²) in [5.41, 5.74) is 0.515. The summed E-state index contributed by atoms with van der Waals surface area (Å²) in [5.74, 6) is -0.462. The van der Waals surface area contributed by atoms with E-state index in [1.807, 2.05) is 11.0 Å². The highest BCUT2D eigenvalue weighted by molar-refractivity contribution is 6.36. The van der Waals surface area contributed by atoms with Crippen LogP contribution in [0.5, 0.6) is 0 Å². The number of hydrogen-bond acceptors (Lipinski definition) is 3. The second-order valence-electron chi connectivity index (χ2n) is 5.18. The zero-order valence-electron chi connectivity index (χ0n) is 12.1. The molecule has 6 heteroatoms. The van der Waals surface area contributed by atoms with E-state index < -0.39 is 5.91 Å². The highest BCUT2D eigenvalue weighted by Gasteiger charge is 2.14. The van der Waals surface area contributed by atoms with Crippen LogP contribution in [0.1, 0.15) is 25.7 Å². The van der Waals surface area contributed by atoms with Crippen LogP contribution in [-0.2, 0) is 4.79 Å². The Labute approximate surface area is 140 Å². The fourth-order valence-corrected chi connectivity index (χ4v) is 2.78. The molecule has 0 saturated carbocycles. The second kappa shape index (κ2) is 8.07. The Morgan fingerprint density at radius 1 is 1.23 bits per heavy atom. The number of nitrogens with one attached hydrogen (secondary N) is 1. The molecule has 2 rings (SSSR count). The van der Waals surface area contributed by atoms with Gasteiger partial charge >= 0.3 is 0 Å². The van der Waals surface area contributed by atoms with E-state index in [0.717, 1.165) is 25.9 Å². The number of likely N-dealkylation sites (tertiary alicyclic amines) is 1. The Balaban J connectivity index is 2.09. The predicted octanol–water partition coefficient (Wildman–Crippen LogP) is 4.22. The van der Waals surface area contributed by atoms with Gasteiger partial charge < -0.3 is 10.2 Å².